The summed E-state index contributed by atoms with van der Waals surface area (Å²) < 4.78 is 0. The first-order valence-electron chi connectivity index (χ1n) is 9.79. The second-order valence-electron chi connectivity index (χ2n) is 9.47. The van der Waals surface area contributed by atoms with Gasteiger partial charge in [0.15, 0.2) is 5.78 Å². The molecule has 4 nitrogen and oxygen atoms in total. The number of Topliss-reactive ketones (excluding diaryl/α,β-unsaturated/α-hetero) is 1. The molecule has 2 unspecified atom stereocenters. The zero-order valence-electron chi connectivity index (χ0n) is 15.5. The van der Waals surface area contributed by atoms with Crippen LogP contribution in [-0.4, -0.2) is 33.5 Å². The number of carbonyl (C=O) groups is 2. The lowest BCUT2D eigenvalue weighted by Gasteiger charge is -2.62. The molecule has 4 heteroatoms. The topological polar surface area (TPSA) is 74.6 Å². The van der Waals surface area contributed by atoms with Crippen LogP contribution < -0.4 is 0 Å². The van der Waals surface area contributed by atoms with E-state index in [-0.39, 0.29) is 41.2 Å². The van der Waals surface area contributed by atoms with E-state index in [4.69, 9.17) is 0 Å². The number of carbonyl (C=O) groups excluding carboxylic acids is 2. The summed E-state index contributed by atoms with van der Waals surface area (Å²) in [5.41, 5.74) is -0.525. The van der Waals surface area contributed by atoms with Crippen molar-refractivity contribution >= 4 is 11.6 Å². The van der Waals surface area contributed by atoms with Crippen LogP contribution in [0.3, 0.4) is 0 Å². The lowest BCUT2D eigenvalue weighted by Crippen LogP contribution is -2.63. The van der Waals surface area contributed by atoms with E-state index in [0.29, 0.717) is 6.42 Å². The van der Waals surface area contributed by atoms with E-state index < -0.39 is 17.1 Å². The molecule has 3 saturated carbocycles. The number of aliphatic hydroxyl groups excluding tert-OH is 1. The average Bonchev–Trinajstić information content (AvgIpc) is 2.81. The number of aliphatic hydroxyl groups is 2. The molecule has 0 aromatic heterocycles. The molecule has 0 aromatic rings. The van der Waals surface area contributed by atoms with Crippen molar-refractivity contribution in [2.24, 2.45) is 28.6 Å². The Balaban J connectivity index is 1.76. The molecule has 0 bridgehead atoms. The predicted molar refractivity (Wildman–Crippen MR) is 93.7 cm³/mol. The maximum absolute atomic E-state index is 12.2. The molecule has 0 saturated heterocycles. The van der Waals surface area contributed by atoms with E-state index in [1.54, 1.807) is 13.0 Å². The summed E-state index contributed by atoms with van der Waals surface area (Å²) in [7, 11) is 0. The Kier molecular flexibility index (Phi) is 3.66. The maximum Gasteiger partial charge on any atom is 0.158 e. The first kappa shape index (κ1) is 17.4. The molecule has 25 heavy (non-hydrogen) atoms. The molecule has 4 aliphatic rings. The number of hydrogen-bond donors (Lipinski definition) is 2. The predicted octanol–water partition coefficient (Wildman–Crippen LogP) is 2.81. The van der Waals surface area contributed by atoms with Gasteiger partial charge >= 0.3 is 0 Å². The van der Waals surface area contributed by atoms with E-state index in [1.165, 1.54) is 0 Å². The molecule has 0 heterocycles. The highest BCUT2D eigenvalue weighted by atomic mass is 16.3. The lowest BCUT2D eigenvalue weighted by atomic mass is 9.44. The highest BCUT2D eigenvalue weighted by molar-refractivity contribution is 5.92. The van der Waals surface area contributed by atoms with Gasteiger partial charge in [0, 0.05) is 23.2 Å². The Labute approximate surface area is 149 Å². The third-order valence-electron chi connectivity index (χ3n) is 8.75. The van der Waals surface area contributed by atoms with Crippen molar-refractivity contribution in [2.75, 3.05) is 0 Å². The van der Waals surface area contributed by atoms with Gasteiger partial charge in [-0.25, -0.2) is 0 Å². The van der Waals surface area contributed by atoms with Gasteiger partial charge in [-0.05, 0) is 63.4 Å². The summed E-state index contributed by atoms with van der Waals surface area (Å²) in [6, 6.07) is 0. The molecule has 2 N–H and O–H groups in total. The highest BCUT2D eigenvalue weighted by Crippen LogP contribution is 2.68. The van der Waals surface area contributed by atoms with Gasteiger partial charge in [-0.15, -0.1) is 0 Å². The molecular weight excluding hydrogens is 316 g/mol. The van der Waals surface area contributed by atoms with Gasteiger partial charge in [0.05, 0.1) is 11.7 Å². The van der Waals surface area contributed by atoms with Crippen molar-refractivity contribution in [2.45, 2.75) is 77.4 Å². The van der Waals surface area contributed by atoms with E-state index in [9.17, 15) is 19.8 Å². The minimum absolute atomic E-state index is 0.0234. The summed E-state index contributed by atoms with van der Waals surface area (Å²) in [6.07, 6.45) is 6.08. The van der Waals surface area contributed by atoms with Crippen molar-refractivity contribution in [3.63, 3.8) is 0 Å². The molecule has 0 spiro atoms. The van der Waals surface area contributed by atoms with Crippen LogP contribution in [0, 0.1) is 28.6 Å². The van der Waals surface area contributed by atoms with Crippen molar-refractivity contribution < 1.29 is 19.8 Å². The normalized spacial score (nSPS) is 52.0. The number of ketones is 2. The van der Waals surface area contributed by atoms with Gasteiger partial charge in [0.25, 0.3) is 0 Å². The SMILES string of the molecule is CC(=O)[C@H]1CCC2(O)[C@@H]3CCC4=CC(=O)CC(O)[C@]4(C)[C@H]3CC[C@]12C. The second kappa shape index (κ2) is 5.26. The van der Waals surface area contributed by atoms with Crippen molar-refractivity contribution in [3.8, 4) is 0 Å². The van der Waals surface area contributed by atoms with Gasteiger partial charge in [-0.3, -0.25) is 9.59 Å². The molecule has 3 fully saturated rings. The quantitative estimate of drug-likeness (QED) is 0.766. The summed E-state index contributed by atoms with van der Waals surface area (Å²) in [5.74, 6) is 0.444. The van der Waals surface area contributed by atoms with Crippen molar-refractivity contribution in [1.29, 1.82) is 0 Å². The van der Waals surface area contributed by atoms with E-state index in [0.717, 1.165) is 37.7 Å². The zero-order valence-corrected chi connectivity index (χ0v) is 15.5. The van der Waals surface area contributed by atoms with Gasteiger partial charge < -0.3 is 10.2 Å². The van der Waals surface area contributed by atoms with Crippen molar-refractivity contribution in [3.05, 3.63) is 11.6 Å². The summed E-state index contributed by atoms with van der Waals surface area (Å²) in [5, 5.41) is 22.6. The zero-order chi connectivity index (χ0) is 18.2. The van der Waals surface area contributed by atoms with Crippen LogP contribution in [0.5, 0.6) is 0 Å². The van der Waals surface area contributed by atoms with E-state index in [2.05, 4.69) is 13.8 Å². The second-order valence-corrected chi connectivity index (χ2v) is 9.47. The fourth-order valence-corrected chi connectivity index (χ4v) is 7.23. The molecular formula is C21H30O4. The molecule has 138 valence electrons. The van der Waals surface area contributed by atoms with Crippen LogP contribution >= 0.6 is 0 Å². The van der Waals surface area contributed by atoms with E-state index in [1.807, 2.05) is 0 Å². The smallest absolute Gasteiger partial charge is 0.158 e. The fraction of sp³-hybridized carbons (Fsp3) is 0.810. The number of rotatable bonds is 1. The summed E-state index contributed by atoms with van der Waals surface area (Å²) >= 11 is 0. The van der Waals surface area contributed by atoms with Gasteiger partial charge in [0.1, 0.15) is 5.78 Å². The van der Waals surface area contributed by atoms with Crippen LogP contribution in [0.1, 0.15) is 65.7 Å². The Morgan fingerprint density at radius 1 is 1.16 bits per heavy atom. The van der Waals surface area contributed by atoms with Crippen LogP contribution in [0.15, 0.2) is 11.6 Å². The average molecular weight is 346 g/mol. The Bertz CT molecular complexity index is 667. The molecule has 0 amide bonds. The van der Waals surface area contributed by atoms with Crippen LogP contribution in [0.25, 0.3) is 0 Å². The third-order valence-corrected chi connectivity index (χ3v) is 8.75. The Morgan fingerprint density at radius 2 is 1.88 bits per heavy atom. The van der Waals surface area contributed by atoms with Gasteiger partial charge in [0.2, 0.25) is 0 Å². The van der Waals surface area contributed by atoms with Crippen LogP contribution in [0.2, 0.25) is 0 Å². The molecule has 0 radical (unpaired) electrons. The van der Waals surface area contributed by atoms with Crippen molar-refractivity contribution in [1.82, 2.24) is 0 Å². The number of hydrogen-bond acceptors (Lipinski definition) is 4. The minimum Gasteiger partial charge on any atom is -0.392 e. The van der Waals surface area contributed by atoms with Gasteiger partial charge in [-0.1, -0.05) is 19.4 Å². The minimum atomic E-state index is -0.831. The Morgan fingerprint density at radius 3 is 2.56 bits per heavy atom. The monoisotopic (exact) mass is 346 g/mol. The summed E-state index contributed by atoms with van der Waals surface area (Å²) in [6.45, 7) is 5.86. The molecule has 4 aliphatic carbocycles. The molecule has 0 aromatic carbocycles. The number of fused-ring (bicyclic) bond motifs is 5. The lowest BCUT2D eigenvalue weighted by molar-refractivity contribution is -0.195. The maximum atomic E-state index is 12.2. The molecule has 0 aliphatic heterocycles. The van der Waals surface area contributed by atoms with Crippen LogP contribution in [-0.2, 0) is 9.59 Å². The Hall–Kier alpha value is -1.00. The third kappa shape index (κ3) is 2.01. The van der Waals surface area contributed by atoms with E-state index >= 15 is 0 Å². The fourth-order valence-electron chi connectivity index (χ4n) is 7.23. The summed E-state index contributed by atoms with van der Waals surface area (Å²) in [4.78, 5) is 24.1. The standard InChI is InChI=1S/C21H30O4/c1-12(22)15-7-9-21(25)17-5-4-13-10-14(23)11-18(24)20(13,3)16(17)6-8-19(15,21)2/h10,15-18,24-25H,4-9,11H2,1-3H3/t15-,16+,17-,18?,19-,20+,21?/m1/s1. The van der Waals surface area contributed by atoms with Crippen LogP contribution in [0.4, 0.5) is 0 Å². The first-order chi connectivity index (χ1) is 11.6. The molecule has 7 atom stereocenters. The van der Waals surface area contributed by atoms with Gasteiger partial charge in [-0.2, -0.15) is 0 Å². The first-order valence-corrected chi connectivity index (χ1v) is 9.79. The molecule has 4 rings (SSSR count). The highest BCUT2D eigenvalue weighted by Gasteiger charge is 2.68. The largest absolute Gasteiger partial charge is 0.392 e.